The first-order valence-corrected chi connectivity index (χ1v) is 7.53. The van der Waals surface area contributed by atoms with Crippen LogP contribution in [0.3, 0.4) is 0 Å². The quantitative estimate of drug-likeness (QED) is 0.844. The van der Waals surface area contributed by atoms with Crippen molar-refractivity contribution >= 4 is 34.8 Å². The van der Waals surface area contributed by atoms with Crippen molar-refractivity contribution in [3.63, 3.8) is 0 Å². The van der Waals surface area contributed by atoms with E-state index in [1.807, 2.05) is 13.0 Å². The lowest BCUT2D eigenvalue weighted by Gasteiger charge is -2.08. The molecule has 0 spiro atoms. The smallest absolute Gasteiger partial charge is 0.243 e. The van der Waals surface area contributed by atoms with Crippen molar-refractivity contribution in [1.82, 2.24) is 10.2 Å². The number of benzene rings is 1. The molecule has 1 aromatic carbocycles. The first-order valence-electron chi connectivity index (χ1n) is 6.71. The van der Waals surface area contributed by atoms with Crippen molar-refractivity contribution in [3.05, 3.63) is 40.7 Å². The molecule has 1 aromatic heterocycles. The minimum atomic E-state index is -0.537. The molecular formula is C14H18ClFN4OS. The third-order valence-electron chi connectivity index (χ3n) is 2.88. The van der Waals surface area contributed by atoms with E-state index < -0.39 is 6.04 Å². The number of anilines is 1. The predicted molar refractivity (Wildman–Crippen MR) is 87.9 cm³/mol. The fraction of sp³-hybridized carbons (Fsp3) is 0.357. The van der Waals surface area contributed by atoms with E-state index in [2.05, 4.69) is 15.5 Å². The molecule has 1 heterocycles. The zero-order valence-corrected chi connectivity index (χ0v) is 13.7. The summed E-state index contributed by atoms with van der Waals surface area (Å²) in [6.07, 6.45) is 1.95. The second-order valence-electron chi connectivity index (χ2n) is 4.69. The Bertz CT molecular complexity index is 622. The van der Waals surface area contributed by atoms with Crippen LogP contribution in [0.25, 0.3) is 0 Å². The molecule has 1 atom stereocenters. The van der Waals surface area contributed by atoms with Gasteiger partial charge in [-0.1, -0.05) is 36.8 Å². The molecule has 0 fully saturated rings. The van der Waals surface area contributed by atoms with Crippen LogP contribution >= 0.6 is 23.7 Å². The molecule has 0 radical (unpaired) electrons. The molecule has 2 rings (SSSR count). The van der Waals surface area contributed by atoms with E-state index in [9.17, 15) is 9.18 Å². The highest BCUT2D eigenvalue weighted by molar-refractivity contribution is 7.15. The number of halogens is 2. The Morgan fingerprint density at radius 1 is 1.45 bits per heavy atom. The standard InChI is InChI=1S/C14H17FN4OS.ClH/c1-2-4-11(16)13(20)17-14-19-18-12(21-14)8-9-5-3-6-10(15)7-9;/h3,5-7,11H,2,4,8,16H2,1H3,(H,17,19,20);1H. The summed E-state index contributed by atoms with van der Waals surface area (Å²) in [6.45, 7) is 1.97. The number of nitrogens with two attached hydrogens (primary N) is 1. The van der Waals surface area contributed by atoms with Crippen molar-refractivity contribution < 1.29 is 9.18 Å². The van der Waals surface area contributed by atoms with E-state index in [-0.39, 0.29) is 24.1 Å². The minimum absolute atomic E-state index is 0. The second-order valence-corrected chi connectivity index (χ2v) is 5.75. The highest BCUT2D eigenvalue weighted by Gasteiger charge is 2.15. The van der Waals surface area contributed by atoms with Crippen LogP contribution in [-0.4, -0.2) is 22.1 Å². The zero-order chi connectivity index (χ0) is 15.2. The fourth-order valence-electron chi connectivity index (χ4n) is 1.84. The van der Waals surface area contributed by atoms with Gasteiger partial charge in [0.15, 0.2) is 0 Å². The van der Waals surface area contributed by atoms with Crippen molar-refractivity contribution in [2.45, 2.75) is 32.2 Å². The van der Waals surface area contributed by atoms with Crippen LogP contribution in [0.5, 0.6) is 0 Å². The van der Waals surface area contributed by atoms with Crippen molar-refractivity contribution in [3.8, 4) is 0 Å². The maximum atomic E-state index is 13.1. The number of rotatable bonds is 6. The minimum Gasteiger partial charge on any atom is -0.320 e. The third-order valence-corrected chi connectivity index (χ3v) is 3.72. The zero-order valence-electron chi connectivity index (χ0n) is 12.1. The summed E-state index contributed by atoms with van der Waals surface area (Å²) in [5.74, 6) is -0.540. The molecule has 5 nitrogen and oxygen atoms in total. The highest BCUT2D eigenvalue weighted by atomic mass is 35.5. The topological polar surface area (TPSA) is 80.9 Å². The number of aromatic nitrogens is 2. The van der Waals surface area contributed by atoms with Gasteiger partial charge in [-0.2, -0.15) is 0 Å². The third kappa shape index (κ3) is 5.32. The summed E-state index contributed by atoms with van der Waals surface area (Å²) in [5.41, 5.74) is 6.54. The fourth-order valence-corrected chi connectivity index (χ4v) is 2.61. The van der Waals surface area contributed by atoms with Gasteiger partial charge in [0, 0.05) is 6.42 Å². The number of carbonyl (C=O) groups excluding carboxylic acids is 1. The van der Waals surface area contributed by atoms with Crippen LogP contribution in [0, 0.1) is 5.82 Å². The molecular weight excluding hydrogens is 327 g/mol. The Labute approximate surface area is 138 Å². The predicted octanol–water partition coefficient (Wildman–Crippen LogP) is 2.76. The Morgan fingerprint density at radius 2 is 2.23 bits per heavy atom. The Balaban J connectivity index is 0.00000242. The van der Waals surface area contributed by atoms with Crippen molar-refractivity contribution in [2.24, 2.45) is 5.73 Å². The van der Waals surface area contributed by atoms with E-state index in [1.165, 1.54) is 23.5 Å². The van der Waals surface area contributed by atoms with Gasteiger partial charge in [-0.05, 0) is 24.1 Å². The Morgan fingerprint density at radius 3 is 2.91 bits per heavy atom. The summed E-state index contributed by atoms with van der Waals surface area (Å²) in [6, 6.07) is 5.78. The molecule has 1 amide bonds. The summed E-state index contributed by atoms with van der Waals surface area (Å²) >= 11 is 1.27. The Hall–Kier alpha value is -1.57. The molecule has 0 aliphatic heterocycles. The van der Waals surface area contributed by atoms with Crippen LogP contribution in [0.4, 0.5) is 9.52 Å². The molecule has 1 unspecified atom stereocenters. The average Bonchev–Trinajstić information content (AvgIpc) is 2.86. The largest absolute Gasteiger partial charge is 0.320 e. The van der Waals surface area contributed by atoms with Crippen molar-refractivity contribution in [2.75, 3.05) is 5.32 Å². The van der Waals surface area contributed by atoms with Gasteiger partial charge in [0.25, 0.3) is 0 Å². The number of nitrogens with one attached hydrogen (secondary N) is 1. The Kier molecular flexibility index (Phi) is 7.37. The average molecular weight is 345 g/mol. The van der Waals surface area contributed by atoms with E-state index in [0.29, 0.717) is 23.0 Å². The number of hydrogen-bond donors (Lipinski definition) is 2. The molecule has 2 aromatic rings. The maximum Gasteiger partial charge on any atom is 0.243 e. The van der Waals surface area contributed by atoms with Crippen molar-refractivity contribution in [1.29, 1.82) is 0 Å². The van der Waals surface area contributed by atoms with Crippen LogP contribution in [0.15, 0.2) is 24.3 Å². The first-order chi connectivity index (χ1) is 10.1. The molecule has 3 N–H and O–H groups in total. The molecule has 22 heavy (non-hydrogen) atoms. The monoisotopic (exact) mass is 344 g/mol. The summed E-state index contributed by atoms with van der Waals surface area (Å²) in [4.78, 5) is 11.8. The first kappa shape index (κ1) is 18.5. The SMILES string of the molecule is CCCC(N)C(=O)Nc1nnc(Cc2cccc(F)c2)s1.Cl. The number of hydrogen-bond acceptors (Lipinski definition) is 5. The summed E-state index contributed by atoms with van der Waals surface area (Å²) in [7, 11) is 0. The van der Waals surface area contributed by atoms with Gasteiger partial charge in [0.2, 0.25) is 11.0 Å². The molecule has 0 saturated heterocycles. The van der Waals surface area contributed by atoms with Gasteiger partial charge in [0.05, 0.1) is 6.04 Å². The van der Waals surface area contributed by atoms with Crippen LogP contribution in [-0.2, 0) is 11.2 Å². The second kappa shape index (κ2) is 8.77. The van der Waals surface area contributed by atoms with Crippen LogP contribution in [0.2, 0.25) is 0 Å². The number of nitrogens with zero attached hydrogens (tertiary/aromatic N) is 2. The molecule has 0 saturated carbocycles. The van der Waals surface area contributed by atoms with Crippen LogP contribution in [0.1, 0.15) is 30.3 Å². The molecule has 0 bridgehead atoms. The molecule has 0 aliphatic carbocycles. The normalized spacial score (nSPS) is 11.6. The van der Waals surface area contributed by atoms with E-state index in [0.717, 1.165) is 12.0 Å². The molecule has 8 heteroatoms. The van der Waals surface area contributed by atoms with Gasteiger partial charge >= 0.3 is 0 Å². The number of amides is 1. The molecule has 0 aliphatic rings. The maximum absolute atomic E-state index is 13.1. The summed E-state index contributed by atoms with van der Waals surface area (Å²) in [5, 5.41) is 11.7. The lowest BCUT2D eigenvalue weighted by Crippen LogP contribution is -2.35. The van der Waals surface area contributed by atoms with E-state index >= 15 is 0 Å². The van der Waals surface area contributed by atoms with Crippen LogP contribution < -0.4 is 11.1 Å². The summed E-state index contributed by atoms with van der Waals surface area (Å²) < 4.78 is 13.1. The van der Waals surface area contributed by atoms with Gasteiger partial charge in [-0.15, -0.1) is 22.6 Å². The van der Waals surface area contributed by atoms with E-state index in [1.54, 1.807) is 6.07 Å². The van der Waals surface area contributed by atoms with Gasteiger partial charge in [0.1, 0.15) is 10.8 Å². The highest BCUT2D eigenvalue weighted by Crippen LogP contribution is 2.19. The van der Waals surface area contributed by atoms with Gasteiger partial charge in [-0.25, -0.2) is 4.39 Å². The van der Waals surface area contributed by atoms with Gasteiger partial charge in [-0.3, -0.25) is 10.1 Å². The molecule has 120 valence electrons. The number of carbonyl (C=O) groups is 1. The lowest BCUT2D eigenvalue weighted by atomic mass is 10.1. The van der Waals surface area contributed by atoms with Gasteiger partial charge < -0.3 is 5.73 Å². The lowest BCUT2D eigenvalue weighted by molar-refractivity contribution is -0.117. The van der Waals surface area contributed by atoms with E-state index in [4.69, 9.17) is 5.73 Å².